The van der Waals surface area contributed by atoms with E-state index in [0.29, 0.717) is 12.5 Å². The van der Waals surface area contributed by atoms with Crippen molar-refractivity contribution in [3.8, 4) is 0 Å². The van der Waals surface area contributed by atoms with Crippen molar-refractivity contribution in [1.82, 2.24) is 10.2 Å². The smallest absolute Gasteiger partial charge is 0.330 e. The maximum Gasteiger partial charge on any atom is 0.330 e. The number of carbonyl (C=O) groups is 1. The van der Waals surface area contributed by atoms with Crippen LogP contribution in [0.5, 0.6) is 0 Å². The van der Waals surface area contributed by atoms with E-state index in [1.54, 1.807) is 0 Å². The normalized spacial score (nSPS) is 17.5. The topological polar surface area (TPSA) is 41.6 Å². The van der Waals surface area contributed by atoms with Gasteiger partial charge in [0.15, 0.2) is 0 Å². The second kappa shape index (κ2) is 7.05. The van der Waals surface area contributed by atoms with Crippen molar-refractivity contribution in [1.29, 1.82) is 0 Å². The summed E-state index contributed by atoms with van der Waals surface area (Å²) in [4.78, 5) is 14.9. The molecule has 0 amide bonds. The molecule has 0 spiro atoms. The van der Waals surface area contributed by atoms with Gasteiger partial charge in [-0.2, -0.15) is 0 Å². The summed E-state index contributed by atoms with van der Waals surface area (Å²) in [6.07, 6.45) is 3.28. The van der Waals surface area contributed by atoms with E-state index in [1.165, 1.54) is 20.0 Å². The third-order valence-corrected chi connectivity index (χ3v) is 4.47. The van der Waals surface area contributed by atoms with Gasteiger partial charge in [0.1, 0.15) is 5.54 Å². The standard InChI is InChI=1S/C17H26N2O2/c1-4-19(15-10-11-15)13-12-17(18-2,16(20)21-3)14-8-6-5-7-9-14/h5-9,15,18H,4,10-13H2,1-3H3. The van der Waals surface area contributed by atoms with Crippen molar-refractivity contribution in [2.24, 2.45) is 0 Å². The first-order chi connectivity index (χ1) is 10.2. The third-order valence-electron chi connectivity index (χ3n) is 4.47. The number of likely N-dealkylation sites (N-methyl/N-ethyl adjacent to an activating group) is 1. The molecule has 4 heteroatoms. The minimum Gasteiger partial charge on any atom is -0.467 e. The molecule has 1 aliphatic rings. The molecule has 1 unspecified atom stereocenters. The number of rotatable bonds is 8. The highest BCUT2D eigenvalue weighted by Crippen LogP contribution is 2.31. The zero-order valence-electron chi connectivity index (χ0n) is 13.3. The van der Waals surface area contributed by atoms with Crippen LogP contribution in [0.15, 0.2) is 30.3 Å². The average Bonchev–Trinajstić information content (AvgIpc) is 3.37. The number of carbonyl (C=O) groups excluding carboxylic acids is 1. The Morgan fingerprint density at radius 3 is 2.52 bits per heavy atom. The van der Waals surface area contributed by atoms with Gasteiger partial charge in [-0.25, -0.2) is 4.79 Å². The molecule has 1 N–H and O–H groups in total. The van der Waals surface area contributed by atoms with E-state index < -0.39 is 5.54 Å². The Bertz CT molecular complexity index is 459. The molecular formula is C17H26N2O2. The van der Waals surface area contributed by atoms with E-state index in [9.17, 15) is 4.79 Å². The molecule has 1 fully saturated rings. The first kappa shape index (κ1) is 16.0. The average molecular weight is 290 g/mol. The Labute approximate surface area is 127 Å². The number of hydrogen-bond acceptors (Lipinski definition) is 4. The van der Waals surface area contributed by atoms with Crippen molar-refractivity contribution in [2.75, 3.05) is 27.2 Å². The van der Waals surface area contributed by atoms with Gasteiger partial charge in [0.2, 0.25) is 0 Å². The molecule has 2 rings (SSSR count). The van der Waals surface area contributed by atoms with Crippen molar-refractivity contribution >= 4 is 5.97 Å². The summed E-state index contributed by atoms with van der Waals surface area (Å²) >= 11 is 0. The third kappa shape index (κ3) is 3.44. The summed E-state index contributed by atoms with van der Waals surface area (Å²) in [5.41, 5.74) is 0.199. The molecule has 0 bridgehead atoms. The second-order valence-electron chi connectivity index (χ2n) is 5.62. The zero-order chi connectivity index (χ0) is 15.3. The van der Waals surface area contributed by atoms with E-state index in [-0.39, 0.29) is 5.97 Å². The molecule has 1 aromatic carbocycles. The molecule has 4 nitrogen and oxygen atoms in total. The zero-order valence-corrected chi connectivity index (χ0v) is 13.3. The lowest BCUT2D eigenvalue weighted by molar-refractivity contribution is -0.149. The van der Waals surface area contributed by atoms with E-state index in [2.05, 4.69) is 17.1 Å². The Morgan fingerprint density at radius 2 is 2.05 bits per heavy atom. The second-order valence-corrected chi connectivity index (χ2v) is 5.62. The summed E-state index contributed by atoms with van der Waals surface area (Å²) in [7, 11) is 3.28. The lowest BCUT2D eigenvalue weighted by Crippen LogP contribution is -2.50. The van der Waals surface area contributed by atoms with Gasteiger partial charge in [-0.1, -0.05) is 37.3 Å². The van der Waals surface area contributed by atoms with Gasteiger partial charge in [-0.05, 0) is 38.4 Å². The summed E-state index contributed by atoms with van der Waals surface area (Å²) in [5, 5.41) is 3.22. The molecular weight excluding hydrogens is 264 g/mol. The molecule has 0 radical (unpaired) electrons. The fraction of sp³-hybridized carbons (Fsp3) is 0.588. The summed E-state index contributed by atoms with van der Waals surface area (Å²) in [5.74, 6) is -0.219. The number of esters is 1. The van der Waals surface area contributed by atoms with Gasteiger partial charge >= 0.3 is 5.97 Å². The highest BCUT2D eigenvalue weighted by atomic mass is 16.5. The van der Waals surface area contributed by atoms with Crippen LogP contribution in [0.1, 0.15) is 31.7 Å². The van der Waals surface area contributed by atoms with Gasteiger partial charge in [-0.3, -0.25) is 0 Å². The molecule has 1 aliphatic carbocycles. The van der Waals surface area contributed by atoms with Gasteiger partial charge in [-0.15, -0.1) is 0 Å². The quantitative estimate of drug-likeness (QED) is 0.745. The Balaban J connectivity index is 2.20. The minimum atomic E-state index is -0.766. The number of nitrogens with one attached hydrogen (secondary N) is 1. The monoisotopic (exact) mass is 290 g/mol. The van der Waals surface area contributed by atoms with Crippen LogP contribution in [0.2, 0.25) is 0 Å². The first-order valence-electron chi connectivity index (χ1n) is 7.74. The van der Waals surface area contributed by atoms with Crippen LogP contribution in [0.3, 0.4) is 0 Å². The maximum atomic E-state index is 12.4. The minimum absolute atomic E-state index is 0.219. The van der Waals surface area contributed by atoms with Crippen LogP contribution in [-0.4, -0.2) is 44.2 Å². The van der Waals surface area contributed by atoms with Crippen LogP contribution >= 0.6 is 0 Å². The molecule has 0 aromatic heterocycles. The van der Waals surface area contributed by atoms with E-state index in [4.69, 9.17) is 4.74 Å². The molecule has 1 atom stereocenters. The maximum absolute atomic E-state index is 12.4. The van der Waals surface area contributed by atoms with Crippen molar-refractivity contribution < 1.29 is 9.53 Å². The fourth-order valence-electron chi connectivity index (χ4n) is 2.98. The molecule has 21 heavy (non-hydrogen) atoms. The lowest BCUT2D eigenvalue weighted by atomic mass is 9.86. The number of hydrogen-bond donors (Lipinski definition) is 1. The van der Waals surface area contributed by atoms with Crippen LogP contribution in [0.25, 0.3) is 0 Å². The molecule has 1 saturated carbocycles. The predicted octanol–water partition coefficient (Wildman–Crippen LogP) is 2.15. The highest BCUT2D eigenvalue weighted by Gasteiger charge is 2.41. The van der Waals surface area contributed by atoms with Crippen LogP contribution in [0.4, 0.5) is 0 Å². The Hall–Kier alpha value is -1.39. The SMILES string of the molecule is CCN(CCC(NC)(C(=O)OC)c1ccccc1)C1CC1. The van der Waals surface area contributed by atoms with Gasteiger partial charge in [0, 0.05) is 12.6 Å². The highest BCUT2D eigenvalue weighted by molar-refractivity contribution is 5.82. The van der Waals surface area contributed by atoms with Gasteiger partial charge in [0.25, 0.3) is 0 Å². The molecule has 1 aromatic rings. The Kier molecular flexibility index (Phi) is 5.37. The van der Waals surface area contributed by atoms with Crippen LogP contribution in [0, 0.1) is 0 Å². The molecule has 0 saturated heterocycles. The summed E-state index contributed by atoms with van der Waals surface area (Å²) < 4.78 is 5.08. The van der Waals surface area contributed by atoms with Crippen LogP contribution < -0.4 is 5.32 Å². The largest absolute Gasteiger partial charge is 0.467 e. The number of methoxy groups -OCH3 is 1. The summed E-state index contributed by atoms with van der Waals surface area (Å²) in [6.45, 7) is 4.10. The Morgan fingerprint density at radius 1 is 1.38 bits per heavy atom. The van der Waals surface area contributed by atoms with Gasteiger partial charge in [0.05, 0.1) is 7.11 Å². The van der Waals surface area contributed by atoms with E-state index in [0.717, 1.165) is 18.7 Å². The lowest BCUT2D eigenvalue weighted by Gasteiger charge is -2.33. The van der Waals surface area contributed by atoms with Gasteiger partial charge < -0.3 is 15.0 Å². The van der Waals surface area contributed by atoms with Crippen molar-refractivity contribution in [2.45, 2.75) is 37.8 Å². The molecule has 0 aliphatic heterocycles. The predicted molar refractivity (Wildman–Crippen MR) is 84.1 cm³/mol. The first-order valence-corrected chi connectivity index (χ1v) is 7.74. The number of benzene rings is 1. The number of nitrogens with zero attached hydrogens (tertiary/aromatic N) is 1. The summed E-state index contributed by atoms with van der Waals surface area (Å²) in [6, 6.07) is 10.6. The number of ether oxygens (including phenoxy) is 1. The van der Waals surface area contributed by atoms with Crippen LogP contribution in [-0.2, 0) is 15.1 Å². The fourth-order valence-corrected chi connectivity index (χ4v) is 2.98. The van der Waals surface area contributed by atoms with E-state index >= 15 is 0 Å². The molecule has 116 valence electrons. The van der Waals surface area contributed by atoms with Crippen molar-refractivity contribution in [3.63, 3.8) is 0 Å². The van der Waals surface area contributed by atoms with E-state index in [1.807, 2.05) is 37.4 Å². The molecule has 0 heterocycles. The van der Waals surface area contributed by atoms with Crippen molar-refractivity contribution in [3.05, 3.63) is 35.9 Å².